The lowest BCUT2D eigenvalue weighted by Gasteiger charge is -2.24. The van der Waals surface area contributed by atoms with E-state index in [1.807, 2.05) is 12.1 Å². The molecule has 0 amide bonds. The Hall–Kier alpha value is -1.67. The summed E-state index contributed by atoms with van der Waals surface area (Å²) in [4.78, 5) is 0. The number of rotatable bonds is 5. The zero-order chi connectivity index (χ0) is 14.7. The average molecular weight is 283 g/mol. The number of hydrogen-bond donors (Lipinski definition) is 1. The van der Waals surface area contributed by atoms with Crippen molar-refractivity contribution in [1.29, 1.82) is 0 Å². The van der Waals surface area contributed by atoms with Gasteiger partial charge in [0.05, 0.1) is 0 Å². The van der Waals surface area contributed by atoms with E-state index in [1.165, 1.54) is 11.1 Å². The fourth-order valence-corrected chi connectivity index (χ4v) is 3.45. The van der Waals surface area contributed by atoms with E-state index in [9.17, 15) is 4.39 Å². The molecule has 0 bridgehead atoms. The molecule has 0 aromatic heterocycles. The quantitative estimate of drug-likeness (QED) is 0.881. The molecule has 1 aliphatic carbocycles. The first-order valence-electron chi connectivity index (χ1n) is 7.81. The number of likely N-dealkylation sites (N-methyl/N-ethyl adjacent to an activating group) is 1. The highest BCUT2D eigenvalue weighted by Gasteiger charge is 2.28. The number of nitrogens with one attached hydrogen (secondary N) is 1. The fourth-order valence-electron chi connectivity index (χ4n) is 3.45. The Morgan fingerprint density at radius 1 is 1.05 bits per heavy atom. The van der Waals surface area contributed by atoms with Crippen molar-refractivity contribution < 1.29 is 4.39 Å². The minimum Gasteiger partial charge on any atom is -0.314 e. The van der Waals surface area contributed by atoms with Gasteiger partial charge in [0.25, 0.3) is 0 Å². The zero-order valence-electron chi connectivity index (χ0n) is 12.5. The van der Waals surface area contributed by atoms with E-state index >= 15 is 0 Å². The van der Waals surface area contributed by atoms with E-state index in [0.29, 0.717) is 12.0 Å². The Morgan fingerprint density at radius 2 is 1.67 bits per heavy atom. The van der Waals surface area contributed by atoms with Gasteiger partial charge in [-0.3, -0.25) is 0 Å². The van der Waals surface area contributed by atoms with Crippen molar-refractivity contribution in [1.82, 2.24) is 5.32 Å². The summed E-state index contributed by atoms with van der Waals surface area (Å²) in [6.07, 6.45) is 2.96. The van der Waals surface area contributed by atoms with Crippen molar-refractivity contribution in [2.24, 2.45) is 5.92 Å². The fraction of sp³-hybridized carbons (Fsp3) is 0.368. The van der Waals surface area contributed by atoms with Crippen LogP contribution >= 0.6 is 0 Å². The van der Waals surface area contributed by atoms with Crippen LogP contribution in [0.2, 0.25) is 0 Å². The van der Waals surface area contributed by atoms with E-state index in [0.717, 1.165) is 31.4 Å². The van der Waals surface area contributed by atoms with Crippen molar-refractivity contribution in [2.45, 2.75) is 32.2 Å². The van der Waals surface area contributed by atoms with Gasteiger partial charge in [-0.2, -0.15) is 0 Å². The lowest BCUT2D eigenvalue weighted by atomic mass is 9.91. The SMILES string of the molecule is CCNC(Cc1ccccc1F)C1Cc2ccccc2C1. The normalized spacial score (nSPS) is 15.9. The molecular weight excluding hydrogens is 261 g/mol. The minimum atomic E-state index is -0.0871. The first-order valence-corrected chi connectivity index (χ1v) is 7.81. The van der Waals surface area contributed by atoms with Gasteiger partial charge in [0.1, 0.15) is 5.82 Å². The molecule has 0 radical (unpaired) electrons. The van der Waals surface area contributed by atoms with Gasteiger partial charge in [0.15, 0.2) is 0 Å². The summed E-state index contributed by atoms with van der Waals surface area (Å²) in [6, 6.07) is 16.1. The van der Waals surface area contributed by atoms with Crippen molar-refractivity contribution in [3.63, 3.8) is 0 Å². The Balaban J connectivity index is 1.76. The first-order chi connectivity index (χ1) is 10.3. The zero-order valence-corrected chi connectivity index (χ0v) is 12.5. The molecule has 0 fully saturated rings. The van der Waals surface area contributed by atoms with Crippen LogP contribution in [0.1, 0.15) is 23.6 Å². The summed E-state index contributed by atoms with van der Waals surface area (Å²) in [6.45, 7) is 3.04. The van der Waals surface area contributed by atoms with Gasteiger partial charge in [-0.25, -0.2) is 4.39 Å². The molecule has 0 saturated carbocycles. The topological polar surface area (TPSA) is 12.0 Å². The van der Waals surface area contributed by atoms with Gasteiger partial charge in [-0.05, 0) is 54.5 Å². The van der Waals surface area contributed by atoms with Crippen molar-refractivity contribution in [3.8, 4) is 0 Å². The lowest BCUT2D eigenvalue weighted by molar-refractivity contribution is 0.364. The van der Waals surface area contributed by atoms with E-state index < -0.39 is 0 Å². The molecule has 0 spiro atoms. The Morgan fingerprint density at radius 3 is 2.29 bits per heavy atom. The van der Waals surface area contributed by atoms with E-state index in [1.54, 1.807) is 12.1 Å². The van der Waals surface area contributed by atoms with Gasteiger partial charge in [-0.1, -0.05) is 49.4 Å². The molecule has 110 valence electrons. The predicted octanol–water partition coefficient (Wildman–Crippen LogP) is 3.76. The standard InChI is InChI=1S/C19H22FN/c1-2-21-19(13-16-9-5-6-10-18(16)20)17-11-14-7-3-4-8-15(14)12-17/h3-10,17,19,21H,2,11-13H2,1H3. The molecule has 1 unspecified atom stereocenters. The number of halogens is 1. The number of benzene rings is 2. The Kier molecular flexibility index (Phi) is 4.35. The molecular formula is C19H22FN. The van der Waals surface area contributed by atoms with Crippen LogP contribution in [-0.4, -0.2) is 12.6 Å². The molecule has 2 aromatic carbocycles. The van der Waals surface area contributed by atoms with Crippen LogP contribution in [0, 0.1) is 11.7 Å². The number of hydrogen-bond acceptors (Lipinski definition) is 1. The van der Waals surface area contributed by atoms with E-state index in [2.05, 4.69) is 36.5 Å². The van der Waals surface area contributed by atoms with Crippen molar-refractivity contribution in [3.05, 3.63) is 71.0 Å². The molecule has 0 saturated heterocycles. The second-order valence-electron chi connectivity index (χ2n) is 5.90. The van der Waals surface area contributed by atoms with Crippen LogP contribution in [0.25, 0.3) is 0 Å². The second kappa shape index (κ2) is 6.40. The second-order valence-corrected chi connectivity index (χ2v) is 5.90. The highest BCUT2D eigenvalue weighted by molar-refractivity contribution is 5.33. The van der Waals surface area contributed by atoms with Gasteiger partial charge in [0, 0.05) is 6.04 Å². The maximum absolute atomic E-state index is 13.9. The summed E-state index contributed by atoms with van der Waals surface area (Å²) < 4.78 is 13.9. The van der Waals surface area contributed by atoms with Crippen molar-refractivity contribution in [2.75, 3.05) is 6.54 Å². The van der Waals surface area contributed by atoms with Gasteiger partial charge in [0.2, 0.25) is 0 Å². The van der Waals surface area contributed by atoms with Crippen LogP contribution in [0.15, 0.2) is 48.5 Å². The van der Waals surface area contributed by atoms with Gasteiger partial charge < -0.3 is 5.32 Å². The smallest absolute Gasteiger partial charge is 0.126 e. The Bertz CT molecular complexity index is 583. The molecule has 1 aliphatic rings. The van der Waals surface area contributed by atoms with Crippen LogP contribution in [-0.2, 0) is 19.3 Å². The molecule has 0 aliphatic heterocycles. The molecule has 21 heavy (non-hydrogen) atoms. The van der Waals surface area contributed by atoms with E-state index in [-0.39, 0.29) is 5.82 Å². The van der Waals surface area contributed by atoms with Crippen LogP contribution in [0.5, 0.6) is 0 Å². The summed E-state index contributed by atoms with van der Waals surface area (Å²) in [5.41, 5.74) is 3.73. The molecule has 0 heterocycles. The minimum absolute atomic E-state index is 0.0871. The third-order valence-electron chi connectivity index (χ3n) is 4.52. The first kappa shape index (κ1) is 14.3. The summed E-state index contributed by atoms with van der Waals surface area (Å²) in [7, 11) is 0. The van der Waals surface area contributed by atoms with Gasteiger partial charge >= 0.3 is 0 Å². The summed E-state index contributed by atoms with van der Waals surface area (Å²) in [5.74, 6) is 0.470. The largest absolute Gasteiger partial charge is 0.314 e. The lowest BCUT2D eigenvalue weighted by Crippen LogP contribution is -2.38. The third-order valence-corrected chi connectivity index (χ3v) is 4.52. The maximum Gasteiger partial charge on any atom is 0.126 e. The third kappa shape index (κ3) is 3.16. The highest BCUT2D eigenvalue weighted by atomic mass is 19.1. The molecule has 2 heteroatoms. The predicted molar refractivity (Wildman–Crippen MR) is 84.9 cm³/mol. The van der Waals surface area contributed by atoms with Crippen molar-refractivity contribution >= 4 is 0 Å². The van der Waals surface area contributed by atoms with Crippen LogP contribution in [0.4, 0.5) is 4.39 Å². The highest BCUT2D eigenvalue weighted by Crippen LogP contribution is 2.30. The molecule has 1 nitrogen and oxygen atoms in total. The molecule has 2 aromatic rings. The molecule has 1 atom stereocenters. The number of fused-ring (bicyclic) bond motifs is 1. The van der Waals surface area contributed by atoms with Crippen LogP contribution < -0.4 is 5.32 Å². The summed E-state index contributed by atoms with van der Waals surface area (Å²) in [5, 5.41) is 3.57. The molecule has 1 N–H and O–H groups in total. The monoisotopic (exact) mass is 283 g/mol. The maximum atomic E-state index is 13.9. The summed E-state index contributed by atoms with van der Waals surface area (Å²) >= 11 is 0. The van der Waals surface area contributed by atoms with E-state index in [4.69, 9.17) is 0 Å². The average Bonchev–Trinajstić information content (AvgIpc) is 2.93. The molecule has 3 rings (SSSR count). The van der Waals surface area contributed by atoms with Crippen LogP contribution in [0.3, 0.4) is 0 Å². The Labute approximate surface area is 126 Å². The van der Waals surface area contributed by atoms with Gasteiger partial charge in [-0.15, -0.1) is 0 Å².